The molecule has 0 aliphatic carbocycles. The molecule has 1 aromatic carbocycles. The number of nitro benzene ring substituents is 1. The van der Waals surface area contributed by atoms with E-state index in [0.29, 0.717) is 28.8 Å². The Morgan fingerprint density at radius 3 is 3.00 bits per heavy atom. The van der Waals surface area contributed by atoms with E-state index >= 15 is 0 Å². The van der Waals surface area contributed by atoms with Gasteiger partial charge in [0.05, 0.1) is 21.6 Å². The highest BCUT2D eigenvalue weighted by atomic mass is 79.9. The molecule has 0 atom stereocenters. The quantitative estimate of drug-likeness (QED) is 0.562. The molecule has 2 rings (SSSR count). The van der Waals surface area contributed by atoms with Gasteiger partial charge in [-0.1, -0.05) is 0 Å². The summed E-state index contributed by atoms with van der Waals surface area (Å²) >= 11 is 3.15. The highest BCUT2D eigenvalue weighted by Gasteiger charge is 2.25. The van der Waals surface area contributed by atoms with Crippen molar-refractivity contribution < 1.29 is 9.66 Å². The fourth-order valence-electron chi connectivity index (χ4n) is 1.43. The third kappa shape index (κ3) is 1.29. The number of nitrogens with zero attached hydrogens (tertiary/aromatic N) is 1. The fourth-order valence-corrected chi connectivity index (χ4v) is 1.94. The van der Waals surface area contributed by atoms with Crippen molar-refractivity contribution in [3.8, 4) is 5.75 Å². The fraction of sp³-hybridized carbons (Fsp3) is 0.250. The van der Waals surface area contributed by atoms with Crippen LogP contribution in [0.2, 0.25) is 0 Å². The van der Waals surface area contributed by atoms with Crippen LogP contribution in [0.25, 0.3) is 0 Å². The molecule has 4 nitrogen and oxygen atoms in total. The molecule has 0 aromatic heterocycles. The third-order valence-electron chi connectivity index (χ3n) is 1.98. The van der Waals surface area contributed by atoms with Gasteiger partial charge in [-0.2, -0.15) is 0 Å². The van der Waals surface area contributed by atoms with Crippen molar-refractivity contribution in [3.63, 3.8) is 0 Å². The molecule has 0 radical (unpaired) electrons. The lowest BCUT2D eigenvalue weighted by atomic mass is 10.1. The van der Waals surface area contributed by atoms with Crippen molar-refractivity contribution in [3.05, 3.63) is 32.3 Å². The number of ether oxygens (including phenoxy) is 1. The maximum absolute atomic E-state index is 10.7. The predicted octanol–water partition coefficient (Wildman–Crippen LogP) is 2.29. The number of rotatable bonds is 1. The highest BCUT2D eigenvalue weighted by molar-refractivity contribution is 9.10. The molecule has 0 N–H and O–H groups in total. The normalized spacial score (nSPS) is 13.6. The third-order valence-corrected chi connectivity index (χ3v) is 2.62. The summed E-state index contributed by atoms with van der Waals surface area (Å²) in [5.41, 5.74) is 0.828. The first-order valence-corrected chi connectivity index (χ1v) is 4.58. The second-order valence-corrected chi connectivity index (χ2v) is 3.58. The molecule has 0 amide bonds. The van der Waals surface area contributed by atoms with E-state index in [4.69, 9.17) is 4.74 Å². The molecular weight excluding hydrogens is 238 g/mol. The monoisotopic (exact) mass is 243 g/mol. The van der Waals surface area contributed by atoms with Gasteiger partial charge in [0.25, 0.3) is 5.69 Å². The van der Waals surface area contributed by atoms with Crippen LogP contribution in [-0.2, 0) is 6.42 Å². The summed E-state index contributed by atoms with van der Waals surface area (Å²) in [6.07, 6.45) is 0.616. The zero-order valence-corrected chi connectivity index (χ0v) is 8.20. The van der Waals surface area contributed by atoms with Crippen LogP contribution < -0.4 is 4.74 Å². The summed E-state index contributed by atoms with van der Waals surface area (Å²) in [5, 5.41) is 10.7. The van der Waals surface area contributed by atoms with Gasteiger partial charge in [0.1, 0.15) is 5.75 Å². The first-order chi connectivity index (χ1) is 6.20. The maximum atomic E-state index is 10.7. The lowest BCUT2D eigenvalue weighted by Gasteiger charge is -2.00. The number of nitro groups is 1. The Morgan fingerprint density at radius 2 is 2.31 bits per heavy atom. The van der Waals surface area contributed by atoms with Crippen LogP contribution in [0.15, 0.2) is 16.6 Å². The van der Waals surface area contributed by atoms with Crippen molar-refractivity contribution in [1.82, 2.24) is 0 Å². The van der Waals surface area contributed by atoms with Gasteiger partial charge >= 0.3 is 0 Å². The Hall–Kier alpha value is -1.10. The minimum atomic E-state index is -0.377. The van der Waals surface area contributed by atoms with E-state index in [1.807, 2.05) is 0 Å². The minimum absolute atomic E-state index is 0.134. The summed E-state index contributed by atoms with van der Waals surface area (Å²) in [7, 11) is 0. The Labute approximate surface area is 82.8 Å². The zero-order chi connectivity index (χ0) is 9.42. The number of fused-ring (bicyclic) bond motifs is 1. The van der Waals surface area contributed by atoms with Crippen LogP contribution in [0.1, 0.15) is 5.56 Å². The van der Waals surface area contributed by atoms with Crippen molar-refractivity contribution >= 4 is 21.6 Å². The van der Waals surface area contributed by atoms with Gasteiger partial charge in [0.15, 0.2) is 0 Å². The SMILES string of the molecule is O=[N+]([O-])c1c(Br)ccc2c1CCO2. The Balaban J connectivity index is 2.65. The summed E-state index contributed by atoms with van der Waals surface area (Å²) < 4.78 is 5.73. The first-order valence-electron chi connectivity index (χ1n) is 3.78. The molecule has 0 unspecified atom stereocenters. The maximum Gasteiger partial charge on any atom is 0.290 e. The van der Waals surface area contributed by atoms with Crippen LogP contribution in [0.5, 0.6) is 5.75 Å². The van der Waals surface area contributed by atoms with Gasteiger partial charge in [-0.15, -0.1) is 0 Å². The Bertz CT molecular complexity index is 378. The van der Waals surface area contributed by atoms with Crippen LogP contribution in [0.4, 0.5) is 5.69 Å². The van der Waals surface area contributed by atoms with E-state index in [1.54, 1.807) is 12.1 Å². The second kappa shape index (κ2) is 2.99. The average molecular weight is 244 g/mol. The summed E-state index contributed by atoms with van der Waals surface area (Å²) in [4.78, 5) is 10.3. The molecule has 0 saturated carbocycles. The van der Waals surface area contributed by atoms with E-state index in [0.717, 1.165) is 0 Å². The Morgan fingerprint density at radius 1 is 1.54 bits per heavy atom. The molecule has 1 aromatic rings. The van der Waals surface area contributed by atoms with Crippen molar-refractivity contribution in [2.24, 2.45) is 0 Å². The molecule has 0 bridgehead atoms. The number of halogens is 1. The van der Waals surface area contributed by atoms with Crippen LogP contribution >= 0.6 is 15.9 Å². The van der Waals surface area contributed by atoms with Crippen molar-refractivity contribution in [1.29, 1.82) is 0 Å². The first kappa shape index (κ1) is 8.50. The molecule has 0 spiro atoms. The highest BCUT2D eigenvalue weighted by Crippen LogP contribution is 2.38. The van der Waals surface area contributed by atoms with Gasteiger partial charge in [0, 0.05) is 6.42 Å². The average Bonchev–Trinajstić information content (AvgIpc) is 2.50. The topological polar surface area (TPSA) is 52.4 Å². The number of benzene rings is 1. The molecule has 0 saturated heterocycles. The summed E-state index contributed by atoms with van der Waals surface area (Å²) in [5.74, 6) is 0.634. The van der Waals surface area contributed by atoms with E-state index in [-0.39, 0.29) is 10.6 Å². The molecule has 5 heteroatoms. The predicted molar refractivity (Wildman–Crippen MR) is 50.0 cm³/mol. The smallest absolute Gasteiger partial charge is 0.290 e. The molecular formula is C8H6BrNO3. The minimum Gasteiger partial charge on any atom is -0.493 e. The second-order valence-electron chi connectivity index (χ2n) is 2.73. The standard InChI is InChI=1S/C8H6BrNO3/c9-6-1-2-7-5(3-4-13-7)8(6)10(11)12/h1-2H,3-4H2. The van der Waals surface area contributed by atoms with Gasteiger partial charge in [-0.25, -0.2) is 0 Å². The molecule has 68 valence electrons. The molecule has 0 fully saturated rings. The van der Waals surface area contributed by atoms with E-state index in [2.05, 4.69) is 15.9 Å². The molecule has 1 aliphatic rings. The number of hydrogen-bond acceptors (Lipinski definition) is 3. The van der Waals surface area contributed by atoms with Gasteiger partial charge in [-0.3, -0.25) is 10.1 Å². The van der Waals surface area contributed by atoms with Crippen LogP contribution in [0, 0.1) is 10.1 Å². The molecule has 1 aliphatic heterocycles. The summed E-state index contributed by atoms with van der Waals surface area (Å²) in [6, 6.07) is 3.39. The molecule has 13 heavy (non-hydrogen) atoms. The van der Waals surface area contributed by atoms with Crippen molar-refractivity contribution in [2.75, 3.05) is 6.61 Å². The lowest BCUT2D eigenvalue weighted by molar-refractivity contribution is -0.386. The van der Waals surface area contributed by atoms with E-state index in [9.17, 15) is 10.1 Å². The summed E-state index contributed by atoms with van der Waals surface area (Å²) in [6.45, 7) is 0.534. The number of hydrogen-bond donors (Lipinski definition) is 0. The van der Waals surface area contributed by atoms with Crippen molar-refractivity contribution in [2.45, 2.75) is 6.42 Å². The van der Waals surface area contributed by atoms with E-state index in [1.165, 1.54) is 0 Å². The largest absolute Gasteiger partial charge is 0.493 e. The van der Waals surface area contributed by atoms with Crippen LogP contribution in [0.3, 0.4) is 0 Å². The van der Waals surface area contributed by atoms with E-state index < -0.39 is 0 Å². The van der Waals surface area contributed by atoms with Gasteiger partial charge in [0.2, 0.25) is 0 Å². The Kier molecular flexibility index (Phi) is 1.95. The van der Waals surface area contributed by atoms with Gasteiger partial charge < -0.3 is 4.74 Å². The van der Waals surface area contributed by atoms with Gasteiger partial charge in [-0.05, 0) is 28.1 Å². The molecule has 1 heterocycles. The van der Waals surface area contributed by atoms with Crippen LogP contribution in [-0.4, -0.2) is 11.5 Å². The zero-order valence-electron chi connectivity index (χ0n) is 6.62. The lowest BCUT2D eigenvalue weighted by Crippen LogP contribution is -1.94.